The van der Waals surface area contributed by atoms with E-state index in [4.69, 9.17) is 4.52 Å². The molecule has 1 aliphatic carbocycles. The average Bonchev–Trinajstić information content (AvgIpc) is 3.16. The Morgan fingerprint density at radius 2 is 1.65 bits per heavy atom. The van der Waals surface area contributed by atoms with Crippen molar-refractivity contribution in [3.05, 3.63) is 47.4 Å². The summed E-state index contributed by atoms with van der Waals surface area (Å²) >= 11 is 0. The highest BCUT2D eigenvalue weighted by Gasteiger charge is 2.38. The van der Waals surface area contributed by atoms with Crippen LogP contribution in [0.1, 0.15) is 69.1 Å². The molecule has 1 saturated carbocycles. The van der Waals surface area contributed by atoms with E-state index in [1.54, 1.807) is 12.1 Å². The molecule has 1 heterocycles. The highest BCUT2D eigenvalue weighted by molar-refractivity contribution is 5.79. The summed E-state index contributed by atoms with van der Waals surface area (Å²) < 4.78 is 18.3. The second-order valence-corrected chi connectivity index (χ2v) is 8.69. The van der Waals surface area contributed by atoms with Gasteiger partial charge in [0.05, 0.1) is 6.42 Å². The number of nitrogens with one attached hydrogen (secondary N) is 3. The molecule has 0 saturated heterocycles. The molecule has 10 heteroatoms. The van der Waals surface area contributed by atoms with Crippen molar-refractivity contribution >= 4 is 17.7 Å². The number of aromatic nitrogens is 2. The lowest BCUT2D eigenvalue weighted by Crippen LogP contribution is -2.45. The number of hydrogen-bond acceptors (Lipinski definition) is 6. The molecule has 9 nitrogen and oxygen atoms in total. The Bertz CT molecular complexity index is 968. The van der Waals surface area contributed by atoms with Gasteiger partial charge in [0.25, 0.3) is 0 Å². The normalized spacial score (nSPS) is 15.2. The highest BCUT2D eigenvalue weighted by Crippen LogP contribution is 2.34. The highest BCUT2D eigenvalue weighted by atomic mass is 19.1. The monoisotopic (exact) mass is 473 g/mol. The Morgan fingerprint density at radius 1 is 1.00 bits per heavy atom. The van der Waals surface area contributed by atoms with Crippen LogP contribution in [-0.4, -0.2) is 41.0 Å². The van der Waals surface area contributed by atoms with Gasteiger partial charge in [-0.25, -0.2) is 4.39 Å². The van der Waals surface area contributed by atoms with E-state index in [2.05, 4.69) is 26.1 Å². The van der Waals surface area contributed by atoms with Crippen LogP contribution in [0.3, 0.4) is 0 Å². The zero-order chi connectivity index (χ0) is 24.4. The van der Waals surface area contributed by atoms with Gasteiger partial charge in [-0.1, -0.05) is 43.0 Å². The number of carbonyl (C=O) groups is 3. The van der Waals surface area contributed by atoms with Crippen molar-refractivity contribution in [3.8, 4) is 0 Å². The quantitative estimate of drug-likeness (QED) is 0.359. The number of nitrogens with zero attached hydrogens (tertiary/aromatic N) is 2. The molecule has 3 rings (SSSR count). The van der Waals surface area contributed by atoms with Crippen molar-refractivity contribution in [2.45, 2.75) is 70.3 Å². The molecule has 0 spiro atoms. The Balaban J connectivity index is 1.40. The molecule has 34 heavy (non-hydrogen) atoms. The molecule has 184 valence electrons. The summed E-state index contributed by atoms with van der Waals surface area (Å²) in [6.07, 6.45) is 6.30. The van der Waals surface area contributed by atoms with Crippen molar-refractivity contribution in [3.63, 3.8) is 0 Å². The van der Waals surface area contributed by atoms with Gasteiger partial charge in [-0.3, -0.25) is 14.4 Å². The summed E-state index contributed by atoms with van der Waals surface area (Å²) in [5.41, 5.74) is 0.101. The first-order chi connectivity index (χ1) is 16.4. The van der Waals surface area contributed by atoms with Crippen LogP contribution in [0.15, 0.2) is 28.8 Å². The largest absolute Gasteiger partial charge is 0.354 e. The Kier molecular flexibility index (Phi) is 9.12. The molecule has 3 N–H and O–H groups in total. The number of amides is 3. The van der Waals surface area contributed by atoms with Gasteiger partial charge in [-0.2, -0.15) is 4.98 Å². The SMILES string of the molecule is CC(=O)NC1(c2noc(CCC(=O)NCCNC(=O)Cc3ccc(F)cc3)n2)CCCCCC1. The molecule has 1 aliphatic rings. The molecule has 2 aromatic rings. The summed E-state index contributed by atoms with van der Waals surface area (Å²) in [5, 5.41) is 12.6. The molecular formula is C24H32FN5O4. The number of rotatable bonds is 10. The van der Waals surface area contributed by atoms with Gasteiger partial charge >= 0.3 is 0 Å². The topological polar surface area (TPSA) is 126 Å². The van der Waals surface area contributed by atoms with E-state index < -0.39 is 5.54 Å². The van der Waals surface area contributed by atoms with Crippen molar-refractivity contribution in [2.75, 3.05) is 13.1 Å². The fraction of sp³-hybridized carbons (Fsp3) is 0.542. The summed E-state index contributed by atoms with van der Waals surface area (Å²) in [5.74, 6) is -0.0438. The van der Waals surface area contributed by atoms with E-state index in [0.29, 0.717) is 17.3 Å². The van der Waals surface area contributed by atoms with Gasteiger partial charge in [-0.05, 0) is 30.5 Å². The molecule has 0 unspecified atom stereocenters. The van der Waals surface area contributed by atoms with Crippen LogP contribution in [0.5, 0.6) is 0 Å². The van der Waals surface area contributed by atoms with E-state index in [-0.39, 0.29) is 55.9 Å². The lowest BCUT2D eigenvalue weighted by Gasteiger charge is -2.30. The van der Waals surface area contributed by atoms with Crippen LogP contribution in [0.25, 0.3) is 0 Å². The molecular weight excluding hydrogens is 441 g/mol. The zero-order valence-corrected chi connectivity index (χ0v) is 19.5. The molecule has 0 radical (unpaired) electrons. The predicted molar refractivity (Wildman–Crippen MR) is 122 cm³/mol. The van der Waals surface area contributed by atoms with Crippen LogP contribution in [0.4, 0.5) is 4.39 Å². The van der Waals surface area contributed by atoms with Crippen molar-refractivity contribution in [1.29, 1.82) is 0 Å². The molecule has 0 bridgehead atoms. The number of carbonyl (C=O) groups excluding carboxylic acids is 3. The number of benzene rings is 1. The van der Waals surface area contributed by atoms with Gasteiger partial charge in [0.15, 0.2) is 5.82 Å². The third kappa shape index (κ3) is 7.64. The van der Waals surface area contributed by atoms with E-state index in [1.807, 2.05) is 0 Å². The minimum absolute atomic E-state index is 0.127. The van der Waals surface area contributed by atoms with E-state index >= 15 is 0 Å². The van der Waals surface area contributed by atoms with Crippen LogP contribution < -0.4 is 16.0 Å². The molecule has 3 amide bonds. The van der Waals surface area contributed by atoms with E-state index in [1.165, 1.54) is 19.1 Å². The standard InChI is InChI=1S/C24H32FN5O4/c1-17(31)29-24(12-4-2-3-5-13-24)23-28-22(34-30-23)11-10-20(32)26-14-15-27-21(33)16-18-6-8-19(25)9-7-18/h6-9H,2-5,10-16H2,1H3,(H,26,32)(H,27,33)(H,29,31). The first kappa shape index (κ1) is 25.3. The van der Waals surface area contributed by atoms with Gasteiger partial charge in [0.2, 0.25) is 23.6 Å². The lowest BCUT2D eigenvalue weighted by atomic mass is 9.89. The van der Waals surface area contributed by atoms with Crippen LogP contribution in [0.2, 0.25) is 0 Å². The Morgan fingerprint density at radius 3 is 2.29 bits per heavy atom. The molecule has 1 fully saturated rings. The zero-order valence-electron chi connectivity index (χ0n) is 19.5. The Labute approximate surface area is 198 Å². The lowest BCUT2D eigenvalue weighted by molar-refractivity contribution is -0.122. The summed E-state index contributed by atoms with van der Waals surface area (Å²) in [7, 11) is 0. The van der Waals surface area contributed by atoms with Gasteiger partial charge in [0.1, 0.15) is 11.4 Å². The fourth-order valence-electron chi connectivity index (χ4n) is 4.19. The van der Waals surface area contributed by atoms with Crippen molar-refractivity contribution in [2.24, 2.45) is 0 Å². The third-order valence-electron chi connectivity index (χ3n) is 5.88. The smallest absolute Gasteiger partial charge is 0.227 e. The van der Waals surface area contributed by atoms with Crippen LogP contribution >= 0.6 is 0 Å². The first-order valence-electron chi connectivity index (χ1n) is 11.8. The van der Waals surface area contributed by atoms with Crippen molar-refractivity contribution in [1.82, 2.24) is 26.1 Å². The van der Waals surface area contributed by atoms with Gasteiger partial charge < -0.3 is 20.5 Å². The molecule has 1 aromatic heterocycles. The second kappa shape index (κ2) is 12.2. The second-order valence-electron chi connectivity index (χ2n) is 8.69. The van der Waals surface area contributed by atoms with E-state index in [0.717, 1.165) is 38.5 Å². The minimum atomic E-state index is -0.613. The molecule has 0 aliphatic heterocycles. The van der Waals surface area contributed by atoms with Gasteiger partial charge in [-0.15, -0.1) is 0 Å². The molecule has 0 atom stereocenters. The maximum atomic E-state index is 12.9. The van der Waals surface area contributed by atoms with Crippen LogP contribution in [0, 0.1) is 5.82 Å². The van der Waals surface area contributed by atoms with Crippen LogP contribution in [-0.2, 0) is 32.8 Å². The third-order valence-corrected chi connectivity index (χ3v) is 5.88. The van der Waals surface area contributed by atoms with E-state index in [9.17, 15) is 18.8 Å². The predicted octanol–water partition coefficient (Wildman–Crippen LogP) is 2.30. The summed E-state index contributed by atoms with van der Waals surface area (Å²) in [6.45, 7) is 2.06. The fourth-order valence-corrected chi connectivity index (χ4v) is 4.19. The minimum Gasteiger partial charge on any atom is -0.354 e. The van der Waals surface area contributed by atoms with Gasteiger partial charge in [0, 0.05) is 32.9 Å². The number of aryl methyl sites for hydroxylation is 1. The summed E-state index contributed by atoms with van der Waals surface area (Å²) in [4.78, 5) is 40.4. The number of halogens is 1. The molecule has 1 aromatic carbocycles. The summed E-state index contributed by atoms with van der Waals surface area (Å²) in [6, 6.07) is 5.75. The van der Waals surface area contributed by atoms with Crippen molar-refractivity contribution < 1.29 is 23.3 Å². The maximum absolute atomic E-state index is 12.9. The first-order valence-corrected chi connectivity index (χ1v) is 11.8. The Hall–Kier alpha value is -3.30. The number of hydrogen-bond donors (Lipinski definition) is 3. The maximum Gasteiger partial charge on any atom is 0.227 e. The average molecular weight is 474 g/mol.